The van der Waals surface area contributed by atoms with Gasteiger partial charge in [-0.2, -0.15) is 0 Å². The lowest BCUT2D eigenvalue weighted by Crippen LogP contribution is -2.64. The Morgan fingerprint density at radius 1 is 1.24 bits per heavy atom. The average Bonchev–Trinajstić information content (AvgIpc) is 3.10. The van der Waals surface area contributed by atoms with Crippen LogP contribution in [0, 0.1) is 11.3 Å². The van der Waals surface area contributed by atoms with Crippen LogP contribution in [0.15, 0.2) is 0 Å². The largest absolute Gasteiger partial charge is 0.342 e. The summed E-state index contributed by atoms with van der Waals surface area (Å²) in [6, 6.07) is 0. The molecule has 2 heterocycles. The normalized spacial score (nSPS) is 30.0. The van der Waals surface area contributed by atoms with E-state index in [1.165, 1.54) is 0 Å². The minimum Gasteiger partial charge on any atom is -0.342 e. The van der Waals surface area contributed by atoms with E-state index in [-0.39, 0.29) is 35.6 Å². The highest BCUT2D eigenvalue weighted by molar-refractivity contribution is 5.93. The van der Waals surface area contributed by atoms with Gasteiger partial charge in [-0.15, -0.1) is 12.4 Å². The SMILES string of the molecule is CN1CCN(C(=O)C2CC23CCNCC3)C(C)(C)C1=O.Cl. The van der Waals surface area contributed by atoms with Crippen LogP contribution in [0.1, 0.15) is 33.1 Å². The van der Waals surface area contributed by atoms with Crippen LogP contribution in [-0.2, 0) is 9.59 Å². The molecule has 6 heteroatoms. The topological polar surface area (TPSA) is 52.6 Å². The maximum Gasteiger partial charge on any atom is 0.247 e. The molecule has 5 nitrogen and oxygen atoms in total. The van der Waals surface area contributed by atoms with E-state index in [1.807, 2.05) is 25.8 Å². The first kappa shape index (κ1) is 16.6. The Morgan fingerprint density at radius 3 is 2.48 bits per heavy atom. The fourth-order valence-corrected chi connectivity index (χ4v) is 3.96. The zero-order valence-corrected chi connectivity index (χ0v) is 14.0. The third-order valence-corrected chi connectivity index (χ3v) is 5.56. The van der Waals surface area contributed by atoms with Crippen molar-refractivity contribution in [3.8, 4) is 0 Å². The first-order valence-electron chi connectivity index (χ1n) is 7.66. The second-order valence-corrected chi connectivity index (χ2v) is 7.14. The maximum absolute atomic E-state index is 12.8. The van der Waals surface area contributed by atoms with E-state index in [9.17, 15) is 9.59 Å². The molecule has 0 bridgehead atoms. The number of likely N-dealkylation sites (N-methyl/N-ethyl adjacent to an activating group) is 1. The number of piperazine rings is 1. The first-order chi connectivity index (χ1) is 9.38. The molecule has 21 heavy (non-hydrogen) atoms. The van der Waals surface area contributed by atoms with Gasteiger partial charge in [0.05, 0.1) is 0 Å². The molecule has 120 valence electrons. The van der Waals surface area contributed by atoms with E-state index >= 15 is 0 Å². The minimum atomic E-state index is -0.694. The lowest BCUT2D eigenvalue weighted by Gasteiger charge is -2.45. The Bertz CT molecular complexity index is 446. The van der Waals surface area contributed by atoms with Crippen LogP contribution in [0.3, 0.4) is 0 Å². The molecule has 0 radical (unpaired) electrons. The summed E-state index contributed by atoms with van der Waals surface area (Å²) in [6.07, 6.45) is 3.22. The summed E-state index contributed by atoms with van der Waals surface area (Å²) in [7, 11) is 1.82. The predicted molar refractivity (Wildman–Crippen MR) is 83.3 cm³/mol. The monoisotopic (exact) mass is 315 g/mol. The zero-order chi connectivity index (χ0) is 14.5. The van der Waals surface area contributed by atoms with Gasteiger partial charge in [-0.05, 0) is 51.6 Å². The van der Waals surface area contributed by atoms with Gasteiger partial charge in [0.2, 0.25) is 11.8 Å². The number of amides is 2. The van der Waals surface area contributed by atoms with Crippen molar-refractivity contribution in [3.05, 3.63) is 0 Å². The van der Waals surface area contributed by atoms with Crippen LogP contribution in [0.4, 0.5) is 0 Å². The summed E-state index contributed by atoms with van der Waals surface area (Å²) in [5.74, 6) is 0.413. The van der Waals surface area contributed by atoms with E-state index in [1.54, 1.807) is 4.90 Å². The molecule has 3 rings (SSSR count). The molecule has 3 aliphatic rings. The van der Waals surface area contributed by atoms with Crippen LogP contribution in [-0.4, -0.2) is 60.4 Å². The van der Waals surface area contributed by atoms with Crippen molar-refractivity contribution in [2.75, 3.05) is 33.2 Å². The standard InChI is InChI=1S/C15H25N3O2.ClH/c1-14(2)13(20)17(3)8-9-18(14)12(19)11-10-15(11)4-6-16-7-5-15;/h11,16H,4-10H2,1-3H3;1H. The molecule has 0 aromatic heterocycles. The zero-order valence-electron chi connectivity index (χ0n) is 13.1. The number of carbonyl (C=O) groups excluding carboxylic acids is 2. The van der Waals surface area contributed by atoms with Gasteiger partial charge < -0.3 is 15.1 Å². The average molecular weight is 316 g/mol. The van der Waals surface area contributed by atoms with Gasteiger partial charge in [0.25, 0.3) is 0 Å². The van der Waals surface area contributed by atoms with E-state index < -0.39 is 5.54 Å². The summed E-state index contributed by atoms with van der Waals surface area (Å²) in [5.41, 5.74) is -0.453. The quantitative estimate of drug-likeness (QED) is 0.781. The van der Waals surface area contributed by atoms with E-state index in [4.69, 9.17) is 0 Å². The Labute approximate surface area is 132 Å². The fourth-order valence-electron chi connectivity index (χ4n) is 3.96. The van der Waals surface area contributed by atoms with Gasteiger partial charge >= 0.3 is 0 Å². The fraction of sp³-hybridized carbons (Fsp3) is 0.867. The summed E-state index contributed by atoms with van der Waals surface area (Å²) >= 11 is 0. The Kier molecular flexibility index (Phi) is 4.28. The van der Waals surface area contributed by atoms with Gasteiger partial charge in [-0.3, -0.25) is 9.59 Å². The van der Waals surface area contributed by atoms with Gasteiger partial charge in [-0.1, -0.05) is 0 Å². The Balaban J connectivity index is 0.00000161. The molecule has 1 saturated carbocycles. The molecular formula is C15H26ClN3O2. The molecule has 0 aromatic rings. The van der Waals surface area contributed by atoms with Crippen molar-refractivity contribution in [1.82, 2.24) is 15.1 Å². The van der Waals surface area contributed by atoms with Crippen molar-refractivity contribution >= 4 is 24.2 Å². The molecule has 1 unspecified atom stereocenters. The van der Waals surface area contributed by atoms with Crippen LogP contribution in [0.2, 0.25) is 0 Å². The number of halogens is 1. The summed E-state index contributed by atoms with van der Waals surface area (Å²) < 4.78 is 0. The van der Waals surface area contributed by atoms with Crippen molar-refractivity contribution in [3.63, 3.8) is 0 Å². The molecule has 1 atom stereocenters. The first-order valence-corrected chi connectivity index (χ1v) is 7.66. The third kappa shape index (κ3) is 2.55. The summed E-state index contributed by atoms with van der Waals surface area (Å²) in [6.45, 7) is 7.11. The molecule has 2 amide bonds. The second-order valence-electron chi connectivity index (χ2n) is 7.14. The molecular weight excluding hydrogens is 290 g/mol. The molecule has 1 spiro atoms. The number of rotatable bonds is 1. The molecule has 1 N–H and O–H groups in total. The van der Waals surface area contributed by atoms with Gasteiger partial charge in [0.15, 0.2) is 0 Å². The van der Waals surface area contributed by atoms with Crippen molar-refractivity contribution in [1.29, 1.82) is 0 Å². The lowest BCUT2D eigenvalue weighted by atomic mass is 9.90. The highest BCUT2D eigenvalue weighted by Gasteiger charge is 2.60. The van der Waals surface area contributed by atoms with Crippen molar-refractivity contribution in [2.45, 2.75) is 38.6 Å². The molecule has 2 saturated heterocycles. The van der Waals surface area contributed by atoms with Crippen molar-refractivity contribution < 1.29 is 9.59 Å². The molecule has 2 aliphatic heterocycles. The number of nitrogens with zero attached hydrogens (tertiary/aromatic N) is 2. The van der Waals surface area contributed by atoms with E-state index in [0.29, 0.717) is 13.1 Å². The minimum absolute atomic E-state index is 0. The smallest absolute Gasteiger partial charge is 0.247 e. The summed E-state index contributed by atoms with van der Waals surface area (Å²) in [4.78, 5) is 28.7. The number of nitrogens with one attached hydrogen (secondary N) is 1. The van der Waals surface area contributed by atoms with E-state index in [0.717, 1.165) is 32.4 Å². The number of hydrogen-bond donors (Lipinski definition) is 1. The molecule has 1 aliphatic carbocycles. The van der Waals surface area contributed by atoms with Crippen LogP contribution in [0.5, 0.6) is 0 Å². The molecule has 3 fully saturated rings. The predicted octanol–water partition coefficient (Wildman–Crippen LogP) is 0.877. The number of piperidine rings is 1. The highest BCUT2D eigenvalue weighted by Crippen LogP contribution is 2.59. The highest BCUT2D eigenvalue weighted by atomic mass is 35.5. The van der Waals surface area contributed by atoms with E-state index in [2.05, 4.69) is 5.32 Å². The summed E-state index contributed by atoms with van der Waals surface area (Å²) in [5, 5.41) is 3.36. The van der Waals surface area contributed by atoms with Gasteiger partial charge in [0, 0.05) is 26.1 Å². The van der Waals surface area contributed by atoms with Crippen LogP contribution >= 0.6 is 12.4 Å². The van der Waals surface area contributed by atoms with Gasteiger partial charge in [0.1, 0.15) is 5.54 Å². The lowest BCUT2D eigenvalue weighted by molar-refractivity contribution is -0.158. The third-order valence-electron chi connectivity index (χ3n) is 5.56. The maximum atomic E-state index is 12.8. The molecule has 0 aromatic carbocycles. The van der Waals surface area contributed by atoms with Crippen LogP contribution in [0.25, 0.3) is 0 Å². The van der Waals surface area contributed by atoms with Crippen LogP contribution < -0.4 is 5.32 Å². The number of carbonyl (C=O) groups is 2. The van der Waals surface area contributed by atoms with Crippen molar-refractivity contribution in [2.24, 2.45) is 11.3 Å². The Hall–Kier alpha value is -0.810. The van der Waals surface area contributed by atoms with Gasteiger partial charge in [-0.25, -0.2) is 0 Å². The second kappa shape index (κ2) is 5.43. The number of hydrogen-bond acceptors (Lipinski definition) is 3. The Morgan fingerprint density at radius 2 is 1.86 bits per heavy atom.